The van der Waals surface area contributed by atoms with Crippen molar-refractivity contribution in [1.29, 1.82) is 0 Å². The summed E-state index contributed by atoms with van der Waals surface area (Å²) in [4.78, 5) is 31.2. The third-order valence-electron chi connectivity index (χ3n) is 5.92. The molecule has 33 heavy (non-hydrogen) atoms. The van der Waals surface area contributed by atoms with Gasteiger partial charge in [-0.25, -0.2) is 9.97 Å². The molecule has 172 valence electrons. The van der Waals surface area contributed by atoms with E-state index in [4.69, 9.17) is 14.5 Å². The number of nitrogens with zero attached hydrogens (tertiary/aromatic N) is 5. The van der Waals surface area contributed by atoms with E-state index in [1.807, 2.05) is 42.2 Å². The molecule has 8 heteroatoms. The molecule has 1 aliphatic heterocycles. The number of rotatable bonds is 6. The number of ether oxygens (including phenoxy) is 2. The van der Waals surface area contributed by atoms with Crippen molar-refractivity contribution in [3.8, 4) is 22.6 Å². The van der Waals surface area contributed by atoms with Crippen LogP contribution >= 0.6 is 0 Å². The molecule has 4 rings (SSSR count). The van der Waals surface area contributed by atoms with Crippen molar-refractivity contribution < 1.29 is 14.3 Å². The molecule has 2 aromatic heterocycles. The molecule has 0 N–H and O–H groups in total. The number of amides is 1. The molecule has 1 aliphatic rings. The van der Waals surface area contributed by atoms with Crippen molar-refractivity contribution in [2.75, 3.05) is 39.8 Å². The zero-order valence-electron chi connectivity index (χ0n) is 19.5. The molecule has 1 amide bonds. The van der Waals surface area contributed by atoms with Crippen molar-refractivity contribution in [3.63, 3.8) is 0 Å². The molecule has 8 nitrogen and oxygen atoms in total. The Morgan fingerprint density at radius 1 is 1.09 bits per heavy atom. The lowest BCUT2D eigenvalue weighted by Gasteiger charge is -2.36. The van der Waals surface area contributed by atoms with Crippen LogP contribution in [0.1, 0.15) is 41.4 Å². The molecular formula is C25H29N5O3. The molecule has 1 atom stereocenters. The molecule has 0 spiro atoms. The SMILES string of the molecule is COc1ccc(C(=O)N2CCCC[C@H]2c2nc(N(C)C)ncc2-c2ccncc2)c(OC)c1. The second-order valence-electron chi connectivity index (χ2n) is 8.18. The van der Waals surface area contributed by atoms with Crippen LogP contribution in [0.3, 0.4) is 0 Å². The minimum atomic E-state index is -0.178. The van der Waals surface area contributed by atoms with Gasteiger partial charge in [-0.15, -0.1) is 0 Å². The Morgan fingerprint density at radius 2 is 1.88 bits per heavy atom. The van der Waals surface area contributed by atoms with Crippen LogP contribution in [0.2, 0.25) is 0 Å². The van der Waals surface area contributed by atoms with E-state index in [0.29, 0.717) is 29.6 Å². The van der Waals surface area contributed by atoms with Gasteiger partial charge < -0.3 is 19.3 Å². The molecule has 0 saturated carbocycles. The number of carbonyl (C=O) groups excluding carboxylic acids is 1. The van der Waals surface area contributed by atoms with Crippen molar-refractivity contribution in [1.82, 2.24) is 19.9 Å². The minimum absolute atomic E-state index is 0.0788. The molecule has 1 aromatic carbocycles. The molecule has 0 radical (unpaired) electrons. The molecule has 1 saturated heterocycles. The van der Waals surface area contributed by atoms with E-state index in [0.717, 1.165) is 36.1 Å². The van der Waals surface area contributed by atoms with Crippen LogP contribution in [0.4, 0.5) is 5.95 Å². The Hall–Kier alpha value is -3.68. The first kappa shape index (κ1) is 22.5. The molecule has 3 heterocycles. The van der Waals surface area contributed by atoms with Gasteiger partial charge in [-0.05, 0) is 49.1 Å². The van der Waals surface area contributed by atoms with Crippen molar-refractivity contribution in [2.45, 2.75) is 25.3 Å². The fraction of sp³-hybridized carbons (Fsp3) is 0.360. The summed E-state index contributed by atoms with van der Waals surface area (Å²) in [7, 11) is 6.98. The zero-order valence-corrected chi connectivity index (χ0v) is 19.5. The summed E-state index contributed by atoms with van der Waals surface area (Å²) in [6.07, 6.45) is 8.14. The number of benzene rings is 1. The Labute approximate surface area is 194 Å². The normalized spacial score (nSPS) is 15.8. The van der Waals surface area contributed by atoms with E-state index in [1.54, 1.807) is 44.8 Å². The molecule has 3 aromatic rings. The summed E-state index contributed by atoms with van der Waals surface area (Å²) in [5, 5.41) is 0. The molecule has 0 aliphatic carbocycles. The Morgan fingerprint density at radius 3 is 2.58 bits per heavy atom. The first-order chi connectivity index (χ1) is 16.0. The molecular weight excluding hydrogens is 418 g/mol. The maximum atomic E-state index is 13.8. The third kappa shape index (κ3) is 4.60. The Bertz CT molecular complexity index is 1120. The first-order valence-corrected chi connectivity index (χ1v) is 11.0. The first-order valence-electron chi connectivity index (χ1n) is 11.0. The number of aromatic nitrogens is 3. The summed E-state index contributed by atoms with van der Waals surface area (Å²) in [5.74, 6) is 1.67. The predicted octanol–water partition coefficient (Wildman–Crippen LogP) is 3.99. The lowest BCUT2D eigenvalue weighted by Crippen LogP contribution is -2.39. The number of anilines is 1. The van der Waals surface area contributed by atoms with Crippen LogP contribution < -0.4 is 14.4 Å². The Balaban J connectivity index is 1.79. The maximum absolute atomic E-state index is 13.8. The highest BCUT2D eigenvalue weighted by Crippen LogP contribution is 2.38. The van der Waals surface area contributed by atoms with Crippen LogP contribution in [0, 0.1) is 0 Å². The number of methoxy groups -OCH3 is 2. The van der Waals surface area contributed by atoms with Crippen molar-refractivity contribution in [3.05, 3.63) is 60.2 Å². The average Bonchev–Trinajstić information content (AvgIpc) is 2.88. The number of piperidine rings is 1. The lowest BCUT2D eigenvalue weighted by atomic mass is 9.93. The largest absolute Gasteiger partial charge is 0.497 e. The summed E-state index contributed by atoms with van der Waals surface area (Å²) in [6.45, 7) is 0.649. The summed E-state index contributed by atoms with van der Waals surface area (Å²) in [5.41, 5.74) is 3.25. The Kier molecular flexibility index (Phi) is 6.72. The van der Waals surface area contributed by atoms with E-state index < -0.39 is 0 Å². The van der Waals surface area contributed by atoms with Crippen LogP contribution in [0.15, 0.2) is 48.9 Å². The van der Waals surface area contributed by atoms with Gasteiger partial charge in [0.05, 0.1) is 31.5 Å². The van der Waals surface area contributed by atoms with Crippen molar-refractivity contribution in [2.24, 2.45) is 0 Å². The van der Waals surface area contributed by atoms with E-state index in [9.17, 15) is 4.79 Å². The number of likely N-dealkylation sites (tertiary alicyclic amines) is 1. The standard InChI is InChI=1S/C25H29N5O3/c1-29(2)25-27-16-20(17-10-12-26-13-11-17)23(28-25)21-7-5-6-14-30(21)24(31)19-9-8-18(32-3)15-22(19)33-4/h8-13,15-16,21H,5-7,14H2,1-4H3/t21-/m0/s1. The average molecular weight is 448 g/mol. The number of carbonyl (C=O) groups is 1. The van der Waals surface area contributed by atoms with Crippen LogP contribution in [-0.4, -0.2) is 60.6 Å². The number of hydrogen-bond donors (Lipinski definition) is 0. The second kappa shape index (κ2) is 9.85. The fourth-order valence-electron chi connectivity index (χ4n) is 4.20. The van der Waals surface area contributed by atoms with Gasteiger partial charge >= 0.3 is 0 Å². The molecule has 1 fully saturated rings. The van der Waals surface area contributed by atoms with E-state index in [2.05, 4.69) is 9.97 Å². The maximum Gasteiger partial charge on any atom is 0.258 e. The van der Waals surface area contributed by atoms with Crippen LogP contribution in [0.25, 0.3) is 11.1 Å². The van der Waals surface area contributed by atoms with Crippen LogP contribution in [0.5, 0.6) is 11.5 Å². The van der Waals surface area contributed by atoms with E-state index in [1.165, 1.54) is 0 Å². The molecule has 0 bridgehead atoms. The van der Waals surface area contributed by atoms with E-state index in [-0.39, 0.29) is 11.9 Å². The zero-order chi connectivity index (χ0) is 23.4. The fourth-order valence-corrected chi connectivity index (χ4v) is 4.20. The van der Waals surface area contributed by atoms with Gasteiger partial charge in [-0.3, -0.25) is 9.78 Å². The quantitative estimate of drug-likeness (QED) is 0.565. The minimum Gasteiger partial charge on any atom is -0.497 e. The van der Waals surface area contributed by atoms with Gasteiger partial charge in [0.15, 0.2) is 0 Å². The van der Waals surface area contributed by atoms with Gasteiger partial charge in [0.1, 0.15) is 11.5 Å². The highest BCUT2D eigenvalue weighted by atomic mass is 16.5. The summed E-state index contributed by atoms with van der Waals surface area (Å²) < 4.78 is 10.8. The smallest absolute Gasteiger partial charge is 0.258 e. The van der Waals surface area contributed by atoms with Gasteiger partial charge in [-0.2, -0.15) is 0 Å². The van der Waals surface area contributed by atoms with Gasteiger partial charge in [0.25, 0.3) is 5.91 Å². The second-order valence-corrected chi connectivity index (χ2v) is 8.18. The number of hydrogen-bond acceptors (Lipinski definition) is 7. The van der Waals surface area contributed by atoms with Crippen LogP contribution in [-0.2, 0) is 0 Å². The topological polar surface area (TPSA) is 80.7 Å². The van der Waals surface area contributed by atoms with Gasteiger partial charge in [0, 0.05) is 50.9 Å². The molecule has 0 unspecified atom stereocenters. The van der Waals surface area contributed by atoms with Gasteiger partial charge in [0.2, 0.25) is 5.95 Å². The summed E-state index contributed by atoms with van der Waals surface area (Å²) in [6, 6.07) is 9.00. The van der Waals surface area contributed by atoms with Crippen molar-refractivity contribution >= 4 is 11.9 Å². The summed E-state index contributed by atoms with van der Waals surface area (Å²) >= 11 is 0. The lowest BCUT2D eigenvalue weighted by molar-refractivity contribution is 0.0603. The monoisotopic (exact) mass is 447 g/mol. The third-order valence-corrected chi connectivity index (χ3v) is 5.92. The predicted molar refractivity (Wildman–Crippen MR) is 127 cm³/mol. The number of pyridine rings is 1. The van der Waals surface area contributed by atoms with Gasteiger partial charge in [-0.1, -0.05) is 0 Å². The highest BCUT2D eigenvalue weighted by molar-refractivity contribution is 5.97. The van der Waals surface area contributed by atoms with E-state index >= 15 is 0 Å². The highest BCUT2D eigenvalue weighted by Gasteiger charge is 2.33.